The highest BCUT2D eigenvalue weighted by Gasteiger charge is 2.25. The highest BCUT2D eigenvalue weighted by Crippen LogP contribution is 2.26. The van der Waals surface area contributed by atoms with Crippen molar-refractivity contribution in [3.63, 3.8) is 0 Å². The molecule has 3 nitrogen and oxygen atoms in total. The molecule has 0 aromatic carbocycles. The Morgan fingerprint density at radius 2 is 1.94 bits per heavy atom. The van der Waals surface area contributed by atoms with Crippen LogP contribution in [-0.4, -0.2) is 19.3 Å². The maximum atomic E-state index is 12.1. The summed E-state index contributed by atoms with van der Waals surface area (Å²) in [5.41, 5.74) is 0. The van der Waals surface area contributed by atoms with Crippen LogP contribution < -0.4 is 4.72 Å². The molecule has 6 heteroatoms. The van der Waals surface area contributed by atoms with Crippen molar-refractivity contribution >= 4 is 37.3 Å². The Bertz CT molecular complexity index is 475. The molecule has 1 aromatic rings. The van der Waals surface area contributed by atoms with Crippen molar-refractivity contribution in [2.75, 3.05) is 0 Å². The number of rotatable bonds is 3. The van der Waals surface area contributed by atoms with Gasteiger partial charge in [0.2, 0.25) is 10.0 Å². The molecule has 0 atom stereocenters. The predicted molar refractivity (Wildman–Crippen MR) is 74.3 cm³/mol. The van der Waals surface area contributed by atoms with Gasteiger partial charge in [-0.15, -0.1) is 11.3 Å². The minimum Gasteiger partial charge on any atom is -0.207 e. The van der Waals surface area contributed by atoms with Gasteiger partial charge in [0.25, 0.3) is 0 Å². The molecule has 2 rings (SSSR count). The number of halogens is 1. The monoisotopic (exact) mass is 337 g/mol. The van der Waals surface area contributed by atoms with E-state index in [0.29, 0.717) is 9.04 Å². The van der Waals surface area contributed by atoms with E-state index in [-0.39, 0.29) is 6.04 Å². The third-order valence-electron chi connectivity index (χ3n) is 2.96. The third-order valence-corrected chi connectivity index (χ3v) is 6.89. The molecule has 1 aromatic heterocycles. The summed E-state index contributed by atoms with van der Waals surface area (Å²) in [5, 5.41) is 0. The van der Waals surface area contributed by atoms with E-state index in [9.17, 15) is 8.42 Å². The molecule has 0 unspecified atom stereocenters. The minimum atomic E-state index is -3.30. The standard InChI is InChI=1S/C11H16BrNO2S2/c1-8-2-7-11(16-8)17(14,15)13-10-5-3-9(12)4-6-10/h2,7,9-10,13H,3-6H2,1H3. The van der Waals surface area contributed by atoms with E-state index in [1.54, 1.807) is 6.07 Å². The molecule has 0 bridgehead atoms. The van der Waals surface area contributed by atoms with E-state index in [0.717, 1.165) is 30.6 Å². The molecule has 1 saturated carbocycles. The van der Waals surface area contributed by atoms with Crippen LogP contribution in [0.5, 0.6) is 0 Å². The lowest BCUT2D eigenvalue weighted by atomic mass is 9.96. The first-order valence-corrected chi connectivity index (χ1v) is 8.92. The second kappa shape index (κ2) is 5.38. The van der Waals surface area contributed by atoms with Gasteiger partial charge in [0.15, 0.2) is 0 Å². The number of hydrogen-bond acceptors (Lipinski definition) is 3. The Labute approximate surface area is 115 Å². The number of alkyl halides is 1. The topological polar surface area (TPSA) is 46.2 Å². The van der Waals surface area contributed by atoms with Gasteiger partial charge in [-0.1, -0.05) is 15.9 Å². The maximum Gasteiger partial charge on any atom is 0.250 e. The molecule has 96 valence electrons. The average Bonchev–Trinajstić information content (AvgIpc) is 2.69. The van der Waals surface area contributed by atoms with Crippen LogP contribution in [0.3, 0.4) is 0 Å². The van der Waals surface area contributed by atoms with E-state index in [4.69, 9.17) is 0 Å². The molecule has 0 radical (unpaired) electrons. The van der Waals surface area contributed by atoms with Gasteiger partial charge in [0.05, 0.1) is 0 Å². The Hall–Kier alpha value is 0.0900. The van der Waals surface area contributed by atoms with Gasteiger partial charge in [0.1, 0.15) is 4.21 Å². The van der Waals surface area contributed by atoms with Crippen molar-refractivity contribution in [3.8, 4) is 0 Å². The smallest absolute Gasteiger partial charge is 0.207 e. The summed E-state index contributed by atoms with van der Waals surface area (Å²) < 4.78 is 27.4. The zero-order chi connectivity index (χ0) is 12.5. The first-order valence-electron chi connectivity index (χ1n) is 5.70. The number of nitrogens with one attached hydrogen (secondary N) is 1. The van der Waals surface area contributed by atoms with E-state index in [1.807, 2.05) is 13.0 Å². The van der Waals surface area contributed by atoms with E-state index < -0.39 is 10.0 Å². The molecule has 17 heavy (non-hydrogen) atoms. The van der Waals surface area contributed by atoms with E-state index >= 15 is 0 Å². The van der Waals surface area contributed by atoms with Gasteiger partial charge >= 0.3 is 0 Å². The molecule has 1 aliphatic carbocycles. The van der Waals surface area contributed by atoms with Crippen molar-refractivity contribution < 1.29 is 8.42 Å². The maximum absolute atomic E-state index is 12.1. The van der Waals surface area contributed by atoms with Crippen molar-refractivity contribution in [2.24, 2.45) is 0 Å². The van der Waals surface area contributed by atoms with Crippen molar-refractivity contribution in [2.45, 2.75) is 47.7 Å². The third kappa shape index (κ3) is 3.53. The van der Waals surface area contributed by atoms with Gasteiger partial charge in [-0.2, -0.15) is 0 Å². The highest BCUT2D eigenvalue weighted by molar-refractivity contribution is 9.09. The SMILES string of the molecule is Cc1ccc(S(=O)(=O)NC2CCC(Br)CC2)s1. The zero-order valence-electron chi connectivity index (χ0n) is 9.65. The van der Waals surface area contributed by atoms with Crippen LogP contribution >= 0.6 is 27.3 Å². The number of thiophene rings is 1. The molecule has 0 spiro atoms. The lowest BCUT2D eigenvalue weighted by molar-refractivity contribution is 0.423. The normalized spacial score (nSPS) is 26.0. The van der Waals surface area contributed by atoms with Gasteiger partial charge in [-0.05, 0) is 44.7 Å². The fraction of sp³-hybridized carbons (Fsp3) is 0.636. The van der Waals surface area contributed by atoms with Crippen molar-refractivity contribution in [1.29, 1.82) is 0 Å². The first-order chi connectivity index (χ1) is 7.97. The van der Waals surface area contributed by atoms with Gasteiger partial charge in [0, 0.05) is 15.7 Å². The molecule has 0 amide bonds. The molecular formula is C11H16BrNO2S2. The largest absolute Gasteiger partial charge is 0.250 e. The Morgan fingerprint density at radius 3 is 2.47 bits per heavy atom. The molecule has 0 saturated heterocycles. The van der Waals surface area contributed by atoms with Gasteiger partial charge in [-0.3, -0.25) is 0 Å². The fourth-order valence-electron chi connectivity index (χ4n) is 2.00. The lowest BCUT2D eigenvalue weighted by Gasteiger charge is -2.25. The molecule has 1 N–H and O–H groups in total. The average molecular weight is 338 g/mol. The van der Waals surface area contributed by atoms with E-state index in [1.165, 1.54) is 11.3 Å². The number of hydrogen-bond donors (Lipinski definition) is 1. The Morgan fingerprint density at radius 1 is 1.29 bits per heavy atom. The molecular weight excluding hydrogens is 322 g/mol. The van der Waals surface area contributed by atoms with Crippen LogP contribution in [0.25, 0.3) is 0 Å². The van der Waals surface area contributed by atoms with Crippen LogP contribution in [0.2, 0.25) is 0 Å². The second-order valence-corrected chi connectivity index (χ2v) is 8.96. The van der Waals surface area contributed by atoms with Gasteiger partial charge < -0.3 is 0 Å². The summed E-state index contributed by atoms with van der Waals surface area (Å²) in [6.07, 6.45) is 3.91. The second-order valence-electron chi connectivity index (χ2n) is 4.44. The van der Waals surface area contributed by atoms with Crippen LogP contribution in [0.1, 0.15) is 30.6 Å². The molecule has 1 heterocycles. The van der Waals surface area contributed by atoms with Crippen LogP contribution in [0.15, 0.2) is 16.3 Å². The molecule has 1 aliphatic rings. The van der Waals surface area contributed by atoms with E-state index in [2.05, 4.69) is 20.7 Å². The minimum absolute atomic E-state index is 0.0937. The van der Waals surface area contributed by atoms with Crippen molar-refractivity contribution in [3.05, 3.63) is 17.0 Å². The molecule has 1 fully saturated rings. The lowest BCUT2D eigenvalue weighted by Crippen LogP contribution is -2.37. The Balaban J connectivity index is 2.03. The summed E-state index contributed by atoms with van der Waals surface area (Å²) in [6.45, 7) is 1.92. The quantitative estimate of drug-likeness (QED) is 0.861. The number of aryl methyl sites for hydroxylation is 1. The van der Waals surface area contributed by atoms with Crippen LogP contribution in [-0.2, 0) is 10.0 Å². The summed E-state index contributed by atoms with van der Waals surface area (Å²) in [6, 6.07) is 3.61. The predicted octanol–water partition coefficient (Wildman–Crippen LogP) is 3.04. The van der Waals surface area contributed by atoms with Crippen molar-refractivity contribution in [1.82, 2.24) is 4.72 Å². The first kappa shape index (κ1) is 13.5. The van der Waals surface area contributed by atoms with Crippen LogP contribution in [0, 0.1) is 6.92 Å². The molecule has 0 aliphatic heterocycles. The number of sulfonamides is 1. The summed E-state index contributed by atoms with van der Waals surface area (Å²) >= 11 is 4.89. The highest BCUT2D eigenvalue weighted by atomic mass is 79.9. The summed E-state index contributed by atoms with van der Waals surface area (Å²) in [4.78, 5) is 1.57. The fourth-order valence-corrected chi connectivity index (χ4v) is 5.14. The summed E-state index contributed by atoms with van der Waals surface area (Å²) in [5.74, 6) is 0. The zero-order valence-corrected chi connectivity index (χ0v) is 12.9. The van der Waals surface area contributed by atoms with Gasteiger partial charge in [-0.25, -0.2) is 13.1 Å². The summed E-state index contributed by atoms with van der Waals surface area (Å²) in [7, 11) is -3.30. The Kier molecular flexibility index (Phi) is 4.28. The van der Waals surface area contributed by atoms with Crippen LogP contribution in [0.4, 0.5) is 0 Å².